The van der Waals surface area contributed by atoms with Crippen molar-refractivity contribution in [2.75, 3.05) is 50.9 Å². The Balaban J connectivity index is 1.42. The molecule has 2 aromatic rings. The minimum absolute atomic E-state index is 0.0507. The topological polar surface area (TPSA) is 105 Å². The predicted octanol–water partition coefficient (Wildman–Crippen LogP) is 1.18. The fraction of sp³-hybridized carbons (Fsp3) is 0.391. The van der Waals surface area contributed by atoms with E-state index >= 15 is 0 Å². The summed E-state index contributed by atoms with van der Waals surface area (Å²) in [5, 5.41) is 2.83. The first-order valence-electron chi connectivity index (χ1n) is 10.9. The Morgan fingerprint density at radius 1 is 1.06 bits per heavy atom. The van der Waals surface area contributed by atoms with Gasteiger partial charge in [0, 0.05) is 19.6 Å². The summed E-state index contributed by atoms with van der Waals surface area (Å²) in [6, 6.07) is 14.4. The molecule has 0 aromatic heterocycles. The molecule has 2 aromatic carbocycles. The Bertz CT molecular complexity index is 1100. The highest BCUT2D eigenvalue weighted by Crippen LogP contribution is 2.35. The number of hydrogen-bond acceptors (Lipinski definition) is 6. The maximum atomic E-state index is 13.0. The number of hydrogen-bond donors (Lipinski definition) is 1. The van der Waals surface area contributed by atoms with Crippen molar-refractivity contribution in [3.63, 3.8) is 0 Å². The van der Waals surface area contributed by atoms with Gasteiger partial charge in [0.15, 0.2) is 6.61 Å². The zero-order valence-corrected chi connectivity index (χ0v) is 19.1. The number of fused-ring (bicyclic) bond motifs is 1. The third-order valence-electron chi connectivity index (χ3n) is 5.59. The van der Waals surface area contributed by atoms with Crippen LogP contribution < -0.4 is 15.0 Å². The summed E-state index contributed by atoms with van der Waals surface area (Å²) < 4.78 is 38.1. The number of benzene rings is 2. The first-order valence-corrected chi connectivity index (χ1v) is 12.3. The van der Waals surface area contributed by atoms with Gasteiger partial charge in [-0.05, 0) is 36.6 Å². The van der Waals surface area contributed by atoms with Crippen molar-refractivity contribution in [1.82, 2.24) is 9.62 Å². The predicted molar refractivity (Wildman–Crippen MR) is 122 cm³/mol. The van der Waals surface area contributed by atoms with E-state index in [2.05, 4.69) is 5.32 Å². The Kier molecular flexibility index (Phi) is 7.26. The van der Waals surface area contributed by atoms with Crippen molar-refractivity contribution in [3.8, 4) is 5.75 Å². The summed E-state index contributed by atoms with van der Waals surface area (Å²) in [6.07, 6.45) is 1.61. The number of carbonyl (C=O) groups excluding carboxylic acids is 2. The number of rotatable bonds is 8. The largest absolute Gasteiger partial charge is 0.482 e. The van der Waals surface area contributed by atoms with Crippen molar-refractivity contribution in [2.45, 2.75) is 17.7 Å². The van der Waals surface area contributed by atoms with Gasteiger partial charge in [-0.3, -0.25) is 14.5 Å². The maximum absolute atomic E-state index is 13.0. The van der Waals surface area contributed by atoms with Crippen LogP contribution in [0.5, 0.6) is 5.75 Å². The third kappa shape index (κ3) is 5.52. The van der Waals surface area contributed by atoms with E-state index in [1.807, 2.05) is 30.3 Å². The Hall–Kier alpha value is -2.95. The molecule has 2 amide bonds. The van der Waals surface area contributed by atoms with Crippen molar-refractivity contribution >= 4 is 27.5 Å². The molecule has 0 spiro atoms. The molecule has 1 fully saturated rings. The molecule has 0 unspecified atom stereocenters. The van der Waals surface area contributed by atoms with Crippen molar-refractivity contribution in [1.29, 1.82) is 0 Å². The van der Waals surface area contributed by atoms with Crippen LogP contribution in [0.2, 0.25) is 0 Å². The van der Waals surface area contributed by atoms with E-state index < -0.39 is 15.9 Å². The molecular weight excluding hydrogens is 446 g/mol. The number of nitrogens with zero attached hydrogens (tertiary/aromatic N) is 2. The molecule has 0 aliphatic carbocycles. The van der Waals surface area contributed by atoms with Crippen LogP contribution in [-0.2, 0) is 30.8 Å². The number of nitrogens with one attached hydrogen (secondary N) is 1. The van der Waals surface area contributed by atoms with E-state index in [9.17, 15) is 18.0 Å². The monoisotopic (exact) mass is 473 g/mol. The average molecular weight is 474 g/mol. The zero-order valence-electron chi connectivity index (χ0n) is 18.2. The van der Waals surface area contributed by atoms with Crippen LogP contribution in [0.15, 0.2) is 53.4 Å². The molecule has 2 aliphatic heterocycles. The number of morpholine rings is 1. The van der Waals surface area contributed by atoms with Gasteiger partial charge < -0.3 is 14.8 Å². The second kappa shape index (κ2) is 10.3. The van der Waals surface area contributed by atoms with E-state index in [-0.39, 0.29) is 42.7 Å². The molecule has 2 heterocycles. The van der Waals surface area contributed by atoms with Gasteiger partial charge in [0.05, 0.1) is 23.8 Å². The zero-order chi connectivity index (χ0) is 23.3. The highest BCUT2D eigenvalue weighted by Gasteiger charge is 2.31. The number of ether oxygens (including phenoxy) is 2. The van der Waals surface area contributed by atoms with Crippen LogP contribution in [0.3, 0.4) is 0 Å². The molecule has 0 bridgehead atoms. The number of amides is 2. The normalized spacial score (nSPS) is 16.7. The molecule has 9 nitrogen and oxygen atoms in total. The Morgan fingerprint density at radius 3 is 2.58 bits per heavy atom. The van der Waals surface area contributed by atoms with Crippen molar-refractivity contribution in [2.24, 2.45) is 0 Å². The molecule has 4 rings (SSSR count). The molecular formula is C23H27N3O6S. The van der Waals surface area contributed by atoms with Gasteiger partial charge in [-0.15, -0.1) is 0 Å². The summed E-state index contributed by atoms with van der Waals surface area (Å²) in [4.78, 5) is 26.4. The van der Waals surface area contributed by atoms with Crippen LogP contribution in [0.25, 0.3) is 0 Å². The summed E-state index contributed by atoms with van der Waals surface area (Å²) in [6.45, 7) is 1.27. The van der Waals surface area contributed by atoms with E-state index in [4.69, 9.17) is 9.47 Å². The fourth-order valence-electron chi connectivity index (χ4n) is 3.82. The van der Waals surface area contributed by atoms with Gasteiger partial charge in [-0.25, -0.2) is 8.42 Å². The van der Waals surface area contributed by atoms with Crippen LogP contribution in [0, 0.1) is 0 Å². The summed E-state index contributed by atoms with van der Waals surface area (Å²) in [5.41, 5.74) is 1.47. The first kappa shape index (κ1) is 23.2. The number of sulfonamides is 1. The number of aryl methyl sites for hydroxylation is 1. The molecule has 1 saturated heterocycles. The smallest absolute Gasteiger partial charge is 0.265 e. The quantitative estimate of drug-likeness (QED) is 0.578. The molecule has 0 atom stereocenters. The second-order valence-electron chi connectivity index (χ2n) is 7.85. The van der Waals surface area contributed by atoms with E-state index in [1.54, 1.807) is 0 Å². The summed E-state index contributed by atoms with van der Waals surface area (Å²) >= 11 is 0. The molecule has 2 aliphatic rings. The molecule has 1 N–H and O–H groups in total. The minimum atomic E-state index is -3.75. The SMILES string of the molecule is O=C(CN1C(=O)COc2ccc(S(=O)(=O)N3CCOCC3)cc21)NCCCc1ccccc1. The molecule has 176 valence electrons. The lowest BCUT2D eigenvalue weighted by atomic mass is 10.1. The lowest BCUT2D eigenvalue weighted by Gasteiger charge is -2.30. The van der Waals surface area contributed by atoms with Gasteiger partial charge in [0.2, 0.25) is 15.9 Å². The van der Waals surface area contributed by atoms with Gasteiger partial charge >= 0.3 is 0 Å². The van der Waals surface area contributed by atoms with E-state index in [1.165, 1.54) is 33.0 Å². The minimum Gasteiger partial charge on any atom is -0.482 e. The van der Waals surface area contributed by atoms with E-state index in [0.717, 1.165) is 12.8 Å². The van der Waals surface area contributed by atoms with Crippen molar-refractivity contribution in [3.05, 3.63) is 54.1 Å². The van der Waals surface area contributed by atoms with Gasteiger partial charge in [0.1, 0.15) is 12.3 Å². The number of anilines is 1. The van der Waals surface area contributed by atoms with Crippen LogP contribution in [0.4, 0.5) is 5.69 Å². The summed E-state index contributed by atoms with van der Waals surface area (Å²) in [7, 11) is -3.75. The fourth-order valence-corrected chi connectivity index (χ4v) is 5.24. The molecule has 10 heteroatoms. The number of carbonyl (C=O) groups is 2. The maximum Gasteiger partial charge on any atom is 0.265 e. The Morgan fingerprint density at radius 2 is 1.82 bits per heavy atom. The summed E-state index contributed by atoms with van der Waals surface area (Å²) in [5.74, 6) is -0.346. The van der Waals surface area contributed by atoms with Gasteiger partial charge in [-0.2, -0.15) is 4.31 Å². The van der Waals surface area contributed by atoms with Crippen LogP contribution in [0.1, 0.15) is 12.0 Å². The lowest BCUT2D eigenvalue weighted by Crippen LogP contribution is -2.45. The Labute approximate surface area is 193 Å². The van der Waals surface area contributed by atoms with Crippen LogP contribution >= 0.6 is 0 Å². The molecule has 33 heavy (non-hydrogen) atoms. The second-order valence-corrected chi connectivity index (χ2v) is 9.79. The van der Waals surface area contributed by atoms with E-state index in [0.29, 0.717) is 25.5 Å². The highest BCUT2D eigenvalue weighted by atomic mass is 32.2. The molecule has 0 saturated carbocycles. The van der Waals surface area contributed by atoms with Gasteiger partial charge in [0.25, 0.3) is 5.91 Å². The van der Waals surface area contributed by atoms with Crippen LogP contribution in [-0.4, -0.2) is 70.5 Å². The average Bonchev–Trinajstić information content (AvgIpc) is 2.84. The first-order chi connectivity index (χ1) is 15.9. The van der Waals surface area contributed by atoms with Crippen molar-refractivity contribution < 1.29 is 27.5 Å². The molecule has 0 radical (unpaired) electrons. The highest BCUT2D eigenvalue weighted by molar-refractivity contribution is 7.89. The third-order valence-corrected chi connectivity index (χ3v) is 7.48. The lowest BCUT2D eigenvalue weighted by molar-refractivity contribution is -0.125. The standard InChI is InChI=1S/C23H27N3O6S/c27-22(24-10-4-7-18-5-2-1-3-6-18)16-26-20-15-19(8-9-21(20)32-17-23(26)28)33(29,30)25-11-13-31-14-12-25/h1-3,5-6,8-9,15H,4,7,10-14,16-17H2,(H,24,27). The van der Waals surface area contributed by atoms with Gasteiger partial charge in [-0.1, -0.05) is 30.3 Å².